The van der Waals surface area contributed by atoms with Crippen LogP contribution in [0.25, 0.3) is 0 Å². The third-order valence-electron chi connectivity index (χ3n) is 5.56. The average Bonchev–Trinajstić information content (AvgIpc) is 3.14. The van der Waals surface area contributed by atoms with E-state index in [1.807, 2.05) is 40.8 Å². The van der Waals surface area contributed by atoms with E-state index in [1.54, 1.807) is 0 Å². The number of carbonyl (C=O) groups is 1. The van der Waals surface area contributed by atoms with Crippen molar-refractivity contribution in [3.05, 3.63) is 35.7 Å². The lowest BCUT2D eigenvalue weighted by atomic mass is 10.1. The van der Waals surface area contributed by atoms with Crippen LogP contribution in [0, 0.1) is 6.92 Å². The van der Waals surface area contributed by atoms with Gasteiger partial charge in [0.15, 0.2) is 23.3 Å². The number of para-hydroxylation sites is 2. The van der Waals surface area contributed by atoms with E-state index in [-0.39, 0.29) is 24.4 Å². The largest absolute Gasteiger partial charge is 0.486 e. The molecule has 8 nitrogen and oxygen atoms in total. The van der Waals surface area contributed by atoms with Crippen LogP contribution < -0.4 is 14.8 Å². The second kappa shape index (κ2) is 10.1. The maximum atomic E-state index is 13.3. The molecule has 1 saturated heterocycles. The van der Waals surface area contributed by atoms with Gasteiger partial charge in [0.05, 0.1) is 18.3 Å². The van der Waals surface area contributed by atoms with Crippen LogP contribution in [-0.4, -0.2) is 64.7 Å². The summed E-state index contributed by atoms with van der Waals surface area (Å²) in [7, 11) is 0. The van der Waals surface area contributed by atoms with E-state index >= 15 is 0 Å². The summed E-state index contributed by atoms with van der Waals surface area (Å²) >= 11 is 0. The molecule has 0 bridgehead atoms. The maximum Gasteiger partial charge on any atom is 0.276 e. The number of rotatable bonds is 6. The fourth-order valence-corrected chi connectivity index (χ4v) is 4.03. The van der Waals surface area contributed by atoms with Gasteiger partial charge in [-0.3, -0.25) is 4.79 Å². The standard InChI is InChI=1S/C21H29N5O3.ClH/c1-3-12-25(13-17-14-28-18-6-4-5-7-19(18)29-17)21(27)20-15(2)26(24-23-20)16-8-10-22-11-9-16;/h4-7,16-17,22H,3,8-14H2,1-2H3;1H. The van der Waals surface area contributed by atoms with Crippen molar-refractivity contribution in [3.63, 3.8) is 0 Å². The van der Waals surface area contributed by atoms with Crippen LogP contribution in [0.3, 0.4) is 0 Å². The highest BCUT2D eigenvalue weighted by molar-refractivity contribution is 5.93. The SMILES string of the molecule is CCCN(CC1COc2ccccc2O1)C(=O)c1nnn(C2CCNCC2)c1C.Cl. The summed E-state index contributed by atoms with van der Waals surface area (Å²) in [4.78, 5) is 15.1. The van der Waals surface area contributed by atoms with Gasteiger partial charge >= 0.3 is 0 Å². The van der Waals surface area contributed by atoms with Gasteiger partial charge in [-0.1, -0.05) is 24.3 Å². The first-order valence-electron chi connectivity index (χ1n) is 10.5. The molecule has 9 heteroatoms. The Morgan fingerprint density at radius 3 is 2.73 bits per heavy atom. The number of benzene rings is 1. The highest BCUT2D eigenvalue weighted by atomic mass is 35.5. The van der Waals surface area contributed by atoms with Gasteiger partial charge in [-0.2, -0.15) is 0 Å². The van der Waals surface area contributed by atoms with Gasteiger partial charge in [0, 0.05) is 6.54 Å². The van der Waals surface area contributed by atoms with E-state index in [1.165, 1.54) is 0 Å². The molecule has 1 amide bonds. The molecular formula is C21H30ClN5O3. The van der Waals surface area contributed by atoms with Gasteiger partial charge in [-0.25, -0.2) is 4.68 Å². The number of ether oxygens (including phenoxy) is 2. The maximum absolute atomic E-state index is 13.3. The molecule has 1 fully saturated rings. The number of hydrogen-bond acceptors (Lipinski definition) is 6. The Hall–Kier alpha value is -2.32. The van der Waals surface area contributed by atoms with Crippen molar-refractivity contribution in [2.24, 2.45) is 0 Å². The molecule has 2 aliphatic rings. The van der Waals surface area contributed by atoms with Gasteiger partial charge in [-0.15, -0.1) is 17.5 Å². The van der Waals surface area contributed by atoms with E-state index in [2.05, 4.69) is 22.6 Å². The Balaban J connectivity index is 0.00000256. The molecule has 0 radical (unpaired) electrons. The summed E-state index contributed by atoms with van der Waals surface area (Å²) in [6.07, 6.45) is 2.66. The minimum atomic E-state index is -0.208. The van der Waals surface area contributed by atoms with E-state index < -0.39 is 0 Å². The van der Waals surface area contributed by atoms with Crippen molar-refractivity contribution >= 4 is 18.3 Å². The molecule has 30 heavy (non-hydrogen) atoms. The number of piperidine rings is 1. The van der Waals surface area contributed by atoms with Crippen LogP contribution in [0.4, 0.5) is 0 Å². The smallest absolute Gasteiger partial charge is 0.276 e. The molecular weight excluding hydrogens is 406 g/mol. The highest BCUT2D eigenvalue weighted by Crippen LogP contribution is 2.31. The van der Waals surface area contributed by atoms with Gasteiger partial charge in [0.1, 0.15) is 6.61 Å². The molecule has 2 aliphatic heterocycles. The topological polar surface area (TPSA) is 81.5 Å². The Kier molecular flexibility index (Phi) is 7.55. The molecule has 0 spiro atoms. The third-order valence-corrected chi connectivity index (χ3v) is 5.56. The Morgan fingerprint density at radius 2 is 2.00 bits per heavy atom. The highest BCUT2D eigenvalue weighted by Gasteiger charge is 2.29. The van der Waals surface area contributed by atoms with E-state index in [0.717, 1.165) is 49.5 Å². The number of amides is 1. The van der Waals surface area contributed by atoms with Crippen LogP contribution in [0.5, 0.6) is 11.5 Å². The Labute approximate surface area is 183 Å². The molecule has 0 saturated carbocycles. The molecule has 2 aromatic rings. The number of aromatic nitrogens is 3. The fourth-order valence-electron chi connectivity index (χ4n) is 4.03. The molecule has 1 atom stereocenters. The monoisotopic (exact) mass is 435 g/mol. The molecule has 4 rings (SSSR count). The summed E-state index contributed by atoms with van der Waals surface area (Å²) in [5, 5.41) is 11.9. The Bertz CT molecular complexity index is 853. The first-order valence-corrected chi connectivity index (χ1v) is 10.5. The molecule has 0 aliphatic carbocycles. The summed E-state index contributed by atoms with van der Waals surface area (Å²) in [5.74, 6) is 1.38. The van der Waals surface area contributed by atoms with Crippen LogP contribution in [-0.2, 0) is 0 Å². The molecule has 3 heterocycles. The number of hydrogen-bond donors (Lipinski definition) is 1. The van der Waals surface area contributed by atoms with Gasteiger partial charge < -0.3 is 19.7 Å². The van der Waals surface area contributed by atoms with E-state index in [4.69, 9.17) is 9.47 Å². The quantitative estimate of drug-likeness (QED) is 0.751. The van der Waals surface area contributed by atoms with Crippen LogP contribution in [0.2, 0.25) is 0 Å². The van der Waals surface area contributed by atoms with Crippen LogP contribution in [0.15, 0.2) is 24.3 Å². The van der Waals surface area contributed by atoms with Crippen molar-refractivity contribution in [1.29, 1.82) is 0 Å². The zero-order chi connectivity index (χ0) is 20.2. The Morgan fingerprint density at radius 1 is 1.27 bits per heavy atom. The lowest BCUT2D eigenvalue weighted by Crippen LogP contribution is -2.44. The van der Waals surface area contributed by atoms with E-state index in [0.29, 0.717) is 31.4 Å². The number of nitrogens with zero attached hydrogens (tertiary/aromatic N) is 4. The van der Waals surface area contributed by atoms with Crippen LogP contribution in [0.1, 0.15) is 48.4 Å². The molecule has 1 N–H and O–H groups in total. The van der Waals surface area contributed by atoms with E-state index in [9.17, 15) is 4.79 Å². The summed E-state index contributed by atoms with van der Waals surface area (Å²) in [6.45, 7) is 7.46. The number of carbonyl (C=O) groups excluding carboxylic acids is 1. The molecule has 1 aromatic carbocycles. The van der Waals surface area contributed by atoms with Crippen molar-refractivity contribution in [3.8, 4) is 11.5 Å². The zero-order valence-corrected chi connectivity index (χ0v) is 18.4. The minimum Gasteiger partial charge on any atom is -0.486 e. The number of halogens is 1. The van der Waals surface area contributed by atoms with Crippen LogP contribution >= 0.6 is 12.4 Å². The first kappa shape index (κ1) is 22.4. The summed E-state index contributed by atoms with van der Waals surface area (Å²) in [5.41, 5.74) is 1.28. The predicted octanol–water partition coefficient (Wildman–Crippen LogP) is 2.63. The minimum absolute atomic E-state index is 0. The van der Waals surface area contributed by atoms with Crippen molar-refractivity contribution in [2.75, 3.05) is 32.8 Å². The van der Waals surface area contributed by atoms with Gasteiger partial charge in [0.2, 0.25) is 0 Å². The van der Waals surface area contributed by atoms with Crippen molar-refractivity contribution in [2.45, 2.75) is 45.3 Å². The van der Waals surface area contributed by atoms with Crippen molar-refractivity contribution < 1.29 is 14.3 Å². The lowest BCUT2D eigenvalue weighted by molar-refractivity contribution is 0.0458. The van der Waals surface area contributed by atoms with Gasteiger partial charge in [-0.05, 0) is 51.4 Å². The number of nitrogens with one attached hydrogen (secondary N) is 1. The first-order chi connectivity index (χ1) is 14.2. The summed E-state index contributed by atoms with van der Waals surface area (Å²) < 4.78 is 13.8. The molecule has 1 unspecified atom stereocenters. The fraction of sp³-hybridized carbons (Fsp3) is 0.571. The number of fused-ring (bicyclic) bond motifs is 1. The lowest BCUT2D eigenvalue weighted by Gasteiger charge is -2.31. The molecule has 1 aromatic heterocycles. The third kappa shape index (κ3) is 4.70. The second-order valence-electron chi connectivity index (χ2n) is 7.70. The molecule has 164 valence electrons. The van der Waals surface area contributed by atoms with Gasteiger partial charge in [0.25, 0.3) is 5.91 Å². The zero-order valence-electron chi connectivity index (χ0n) is 17.5. The predicted molar refractivity (Wildman–Crippen MR) is 116 cm³/mol. The summed E-state index contributed by atoms with van der Waals surface area (Å²) in [6, 6.07) is 7.92. The second-order valence-corrected chi connectivity index (χ2v) is 7.70. The van der Waals surface area contributed by atoms with Crippen molar-refractivity contribution in [1.82, 2.24) is 25.2 Å². The normalized spacial score (nSPS) is 18.5. The average molecular weight is 436 g/mol.